The van der Waals surface area contributed by atoms with Crippen LogP contribution in [0.25, 0.3) is 0 Å². The molecule has 1 aromatic rings. The molecule has 0 fully saturated rings. The van der Waals surface area contributed by atoms with Crippen molar-refractivity contribution in [2.24, 2.45) is 5.73 Å². The Bertz CT molecular complexity index is 289. The van der Waals surface area contributed by atoms with Gasteiger partial charge < -0.3 is 5.73 Å². The van der Waals surface area contributed by atoms with Gasteiger partial charge in [0.05, 0.1) is 5.02 Å². The first-order valence-electron chi connectivity index (χ1n) is 3.93. The molecule has 1 heterocycles. The third-order valence-corrected chi connectivity index (χ3v) is 2.72. The van der Waals surface area contributed by atoms with Gasteiger partial charge in [0.25, 0.3) is 0 Å². The molecule has 2 nitrogen and oxygen atoms in total. The molecule has 4 heteroatoms. The standard InChI is InChI=1S/C9H11ClN2S/c10-8-4-3-6-12-9(8)13-7-2-1-5-11/h1-4,6H,5,7,11H2. The van der Waals surface area contributed by atoms with Crippen LogP contribution in [-0.4, -0.2) is 17.3 Å². The first-order valence-corrected chi connectivity index (χ1v) is 5.29. The highest BCUT2D eigenvalue weighted by Gasteiger charge is 1.98. The summed E-state index contributed by atoms with van der Waals surface area (Å²) in [6.07, 6.45) is 5.67. The van der Waals surface area contributed by atoms with Crippen LogP contribution in [0.2, 0.25) is 5.02 Å². The molecule has 0 spiro atoms. The van der Waals surface area contributed by atoms with Crippen LogP contribution in [0.4, 0.5) is 0 Å². The van der Waals surface area contributed by atoms with E-state index in [4.69, 9.17) is 17.3 Å². The largest absolute Gasteiger partial charge is 0.327 e. The fraction of sp³-hybridized carbons (Fsp3) is 0.222. The molecule has 13 heavy (non-hydrogen) atoms. The summed E-state index contributed by atoms with van der Waals surface area (Å²) in [5, 5.41) is 1.57. The van der Waals surface area contributed by atoms with E-state index in [9.17, 15) is 0 Å². The molecule has 1 rings (SSSR count). The first kappa shape index (κ1) is 10.6. The Hall–Kier alpha value is -0.510. The maximum Gasteiger partial charge on any atom is 0.115 e. The van der Waals surface area contributed by atoms with Crippen molar-refractivity contribution < 1.29 is 0 Å². The van der Waals surface area contributed by atoms with Crippen LogP contribution in [0, 0.1) is 0 Å². The van der Waals surface area contributed by atoms with Crippen LogP contribution in [0.1, 0.15) is 0 Å². The fourth-order valence-corrected chi connectivity index (χ4v) is 1.79. The Kier molecular flexibility index (Phi) is 4.90. The van der Waals surface area contributed by atoms with E-state index in [1.54, 1.807) is 18.0 Å². The minimum atomic E-state index is 0.580. The number of aromatic nitrogens is 1. The maximum absolute atomic E-state index is 5.90. The van der Waals surface area contributed by atoms with Crippen LogP contribution in [0.5, 0.6) is 0 Å². The zero-order chi connectivity index (χ0) is 9.52. The summed E-state index contributed by atoms with van der Waals surface area (Å²) in [5.41, 5.74) is 5.30. The summed E-state index contributed by atoms with van der Waals surface area (Å²) in [6, 6.07) is 3.66. The van der Waals surface area contributed by atoms with Crippen molar-refractivity contribution in [1.82, 2.24) is 4.98 Å². The normalized spacial score (nSPS) is 10.9. The number of halogens is 1. The number of nitrogens with zero attached hydrogens (tertiary/aromatic N) is 1. The monoisotopic (exact) mass is 214 g/mol. The summed E-state index contributed by atoms with van der Waals surface area (Å²) in [7, 11) is 0. The average molecular weight is 215 g/mol. The van der Waals surface area contributed by atoms with Gasteiger partial charge in [0, 0.05) is 18.5 Å². The molecule has 0 saturated heterocycles. The highest BCUT2D eigenvalue weighted by molar-refractivity contribution is 7.99. The van der Waals surface area contributed by atoms with E-state index in [2.05, 4.69) is 4.98 Å². The van der Waals surface area contributed by atoms with Gasteiger partial charge in [-0.05, 0) is 12.1 Å². The van der Waals surface area contributed by atoms with Gasteiger partial charge >= 0.3 is 0 Å². The molecular formula is C9H11ClN2S. The number of nitrogens with two attached hydrogens (primary N) is 1. The summed E-state index contributed by atoms with van der Waals surface area (Å²) in [4.78, 5) is 4.14. The summed E-state index contributed by atoms with van der Waals surface area (Å²) >= 11 is 7.51. The smallest absolute Gasteiger partial charge is 0.115 e. The summed E-state index contributed by atoms with van der Waals surface area (Å²) in [6.45, 7) is 0.580. The Balaban J connectivity index is 2.45. The highest BCUT2D eigenvalue weighted by Crippen LogP contribution is 2.23. The van der Waals surface area contributed by atoms with Crippen LogP contribution >= 0.6 is 23.4 Å². The number of pyridine rings is 1. The lowest BCUT2D eigenvalue weighted by atomic mass is 10.5. The summed E-state index contributed by atoms with van der Waals surface area (Å²) in [5.74, 6) is 0.855. The maximum atomic E-state index is 5.90. The second kappa shape index (κ2) is 6.02. The van der Waals surface area contributed by atoms with E-state index in [0.717, 1.165) is 10.8 Å². The van der Waals surface area contributed by atoms with E-state index >= 15 is 0 Å². The second-order valence-electron chi connectivity index (χ2n) is 2.31. The Morgan fingerprint density at radius 2 is 2.38 bits per heavy atom. The zero-order valence-corrected chi connectivity index (χ0v) is 8.68. The predicted molar refractivity (Wildman–Crippen MR) is 58.2 cm³/mol. The van der Waals surface area contributed by atoms with Crippen molar-refractivity contribution in [3.8, 4) is 0 Å². The zero-order valence-electron chi connectivity index (χ0n) is 7.11. The number of rotatable bonds is 4. The molecule has 0 bridgehead atoms. The SMILES string of the molecule is NCC=CCSc1ncccc1Cl. The van der Waals surface area contributed by atoms with Crippen LogP contribution in [0.3, 0.4) is 0 Å². The molecule has 0 aliphatic rings. The van der Waals surface area contributed by atoms with Gasteiger partial charge in [-0.1, -0.05) is 23.8 Å². The van der Waals surface area contributed by atoms with Gasteiger partial charge in [-0.25, -0.2) is 4.98 Å². The van der Waals surface area contributed by atoms with E-state index in [-0.39, 0.29) is 0 Å². The van der Waals surface area contributed by atoms with Gasteiger partial charge in [-0.3, -0.25) is 0 Å². The Morgan fingerprint density at radius 3 is 3.08 bits per heavy atom. The van der Waals surface area contributed by atoms with E-state index < -0.39 is 0 Å². The van der Waals surface area contributed by atoms with Gasteiger partial charge in [-0.2, -0.15) is 0 Å². The van der Waals surface area contributed by atoms with E-state index in [1.165, 1.54) is 0 Å². The van der Waals surface area contributed by atoms with Crippen molar-refractivity contribution in [2.45, 2.75) is 5.03 Å². The summed E-state index contributed by atoms with van der Waals surface area (Å²) < 4.78 is 0. The second-order valence-corrected chi connectivity index (χ2v) is 3.72. The van der Waals surface area contributed by atoms with Crippen molar-refractivity contribution in [3.05, 3.63) is 35.5 Å². The Labute approximate surface area is 87.2 Å². The number of thioether (sulfide) groups is 1. The molecule has 0 aliphatic carbocycles. The molecular weight excluding hydrogens is 204 g/mol. The van der Waals surface area contributed by atoms with E-state index in [1.807, 2.05) is 24.3 Å². The minimum absolute atomic E-state index is 0.580. The molecule has 0 aromatic carbocycles. The molecule has 0 saturated carbocycles. The molecule has 0 unspecified atom stereocenters. The number of hydrogen-bond donors (Lipinski definition) is 1. The molecule has 0 aliphatic heterocycles. The lowest BCUT2D eigenvalue weighted by Gasteiger charge is -1.98. The van der Waals surface area contributed by atoms with E-state index in [0.29, 0.717) is 11.6 Å². The average Bonchev–Trinajstić information content (AvgIpc) is 2.15. The van der Waals surface area contributed by atoms with Gasteiger partial charge in [0.15, 0.2) is 0 Å². The van der Waals surface area contributed by atoms with Gasteiger partial charge in [0.1, 0.15) is 5.03 Å². The molecule has 0 radical (unpaired) electrons. The topological polar surface area (TPSA) is 38.9 Å². The third kappa shape index (κ3) is 3.81. The Morgan fingerprint density at radius 1 is 1.54 bits per heavy atom. The van der Waals surface area contributed by atoms with Crippen molar-refractivity contribution in [3.63, 3.8) is 0 Å². The number of hydrogen-bond acceptors (Lipinski definition) is 3. The van der Waals surface area contributed by atoms with Gasteiger partial charge in [-0.15, -0.1) is 11.8 Å². The van der Waals surface area contributed by atoms with Crippen LogP contribution < -0.4 is 5.73 Å². The van der Waals surface area contributed by atoms with Crippen molar-refractivity contribution >= 4 is 23.4 Å². The van der Waals surface area contributed by atoms with Gasteiger partial charge in [0.2, 0.25) is 0 Å². The van der Waals surface area contributed by atoms with Crippen molar-refractivity contribution in [2.75, 3.05) is 12.3 Å². The third-order valence-electron chi connectivity index (χ3n) is 1.34. The van der Waals surface area contributed by atoms with Crippen LogP contribution in [0.15, 0.2) is 35.5 Å². The van der Waals surface area contributed by atoms with Crippen LogP contribution in [-0.2, 0) is 0 Å². The molecule has 0 amide bonds. The predicted octanol–water partition coefficient (Wildman–Crippen LogP) is 2.34. The fourth-order valence-electron chi connectivity index (χ4n) is 0.769. The highest BCUT2D eigenvalue weighted by atomic mass is 35.5. The first-order chi connectivity index (χ1) is 6.34. The van der Waals surface area contributed by atoms with Crippen molar-refractivity contribution in [1.29, 1.82) is 0 Å². The lowest BCUT2D eigenvalue weighted by Crippen LogP contribution is -1.92. The molecule has 0 atom stereocenters. The quantitative estimate of drug-likeness (QED) is 0.618. The molecule has 1 aromatic heterocycles. The minimum Gasteiger partial charge on any atom is -0.327 e. The molecule has 2 N–H and O–H groups in total. The molecule has 70 valence electrons. The lowest BCUT2D eigenvalue weighted by molar-refractivity contribution is 1.14.